The molecule has 7 aromatic rings. The first kappa shape index (κ1) is 27.6. The molecule has 0 aliphatic carbocycles. The number of aromatic nitrogens is 3. The van der Waals surface area contributed by atoms with Crippen molar-refractivity contribution in [3.8, 4) is 17.3 Å². The largest absolute Gasteiger partial charge is 2.00 e. The van der Waals surface area contributed by atoms with Gasteiger partial charge in [0.05, 0.1) is 18.6 Å². The van der Waals surface area contributed by atoms with Crippen LogP contribution in [-0.4, -0.2) is 20.5 Å². The van der Waals surface area contributed by atoms with Crippen LogP contribution in [0.4, 0.5) is 22.7 Å². The standard InChI is InChI=1S/C43H37N5O.Pt/c1-42(2,3)29-18-21-45-41(24-29)48-39-26-33(16-17-35(39)36-19-20-44-27-40(36)48)49-34-23-30(43(4,5)6)22-32(25-34)47-28-46(31-12-8-7-9-13-31)37-14-10-11-15-38(37)47;/h7-24,27H,1-6H3;/q;+2/i7D,8D,9D,12D,13D;. The average Bonchev–Trinajstić information content (AvgIpc) is 3.68. The second-order valence-electron chi connectivity index (χ2n) is 14.2. The number of nitrogens with zero attached hydrogens (tertiary/aromatic N) is 5. The van der Waals surface area contributed by atoms with Crippen molar-refractivity contribution in [2.45, 2.75) is 52.4 Å². The molecule has 0 saturated carbocycles. The van der Waals surface area contributed by atoms with Crippen LogP contribution < -0.4 is 13.9 Å². The SMILES string of the molecule is [2H]c1c([2H])c([2H])c([N+]2=C=[N+](c3[c-]c(Oc4[c-]c5c(cc4)c4ccncc4n5-c4cc(C(C)(C)C)ccn4)cc(C(C)(C)C)c3)c3ccccc32)c([2H])c1[2H].[Pt+2]. The van der Waals surface area contributed by atoms with Gasteiger partial charge in [0.25, 0.3) is 11.4 Å². The van der Waals surface area contributed by atoms with E-state index in [1.54, 1.807) is 10.8 Å². The third-order valence-corrected chi connectivity index (χ3v) is 8.72. The van der Waals surface area contributed by atoms with Crippen molar-refractivity contribution in [1.82, 2.24) is 23.7 Å². The van der Waals surface area contributed by atoms with Gasteiger partial charge in [-0.25, -0.2) is 4.98 Å². The van der Waals surface area contributed by atoms with Gasteiger partial charge in [-0.2, -0.15) is 6.07 Å². The minimum Gasteiger partial charge on any atom is -0.509 e. The summed E-state index contributed by atoms with van der Waals surface area (Å²) in [5.74, 6) is 1.69. The first-order valence-corrected chi connectivity index (χ1v) is 16.2. The molecule has 50 heavy (non-hydrogen) atoms. The number of fused-ring (bicyclic) bond motifs is 4. The molecule has 0 unspecified atom stereocenters. The summed E-state index contributed by atoms with van der Waals surface area (Å²) in [6.45, 7) is 12.9. The molecule has 0 radical (unpaired) electrons. The molecule has 4 heterocycles. The second kappa shape index (κ2) is 12.6. The monoisotopic (exact) mass is 839 g/mol. The average molecular weight is 840 g/mol. The number of hydrogen-bond donors (Lipinski definition) is 0. The van der Waals surface area contributed by atoms with Gasteiger partial charge in [0.2, 0.25) is 5.69 Å². The maximum absolute atomic E-state index is 8.67. The fourth-order valence-corrected chi connectivity index (χ4v) is 6.09. The van der Waals surface area contributed by atoms with Gasteiger partial charge in [-0.05, 0) is 44.6 Å². The summed E-state index contributed by atoms with van der Waals surface area (Å²) < 4.78 is 54.0. The van der Waals surface area contributed by atoms with E-state index < -0.39 is 18.1 Å². The summed E-state index contributed by atoms with van der Waals surface area (Å²) in [5, 5.41) is 2.01. The first-order valence-electron chi connectivity index (χ1n) is 18.7. The van der Waals surface area contributed by atoms with Crippen LogP contribution in [0.5, 0.6) is 11.5 Å². The molecular formula is C43H37N5OPt+2. The molecule has 0 atom stereocenters. The Labute approximate surface area is 314 Å². The summed E-state index contributed by atoms with van der Waals surface area (Å²) in [5.41, 5.74) is 5.39. The van der Waals surface area contributed by atoms with E-state index in [4.69, 9.17) is 16.6 Å². The van der Waals surface area contributed by atoms with Crippen LogP contribution in [0.2, 0.25) is 0 Å². The topological polar surface area (TPSA) is 46.0 Å². The molecule has 248 valence electrons. The molecule has 1 aliphatic heterocycles. The molecule has 0 spiro atoms. The number of para-hydroxylation sites is 3. The minimum absolute atomic E-state index is 0. The molecule has 0 N–H and O–H groups in total. The Balaban J connectivity index is 0.00000465. The third-order valence-electron chi connectivity index (χ3n) is 8.72. The van der Waals surface area contributed by atoms with Gasteiger partial charge in [0.1, 0.15) is 11.5 Å². The fourth-order valence-electron chi connectivity index (χ4n) is 6.09. The molecule has 6 nitrogen and oxygen atoms in total. The Morgan fingerprint density at radius 2 is 1.50 bits per heavy atom. The Morgan fingerprint density at radius 3 is 2.24 bits per heavy atom. The number of pyridine rings is 2. The maximum atomic E-state index is 8.67. The normalized spacial score (nSPS) is 14.2. The van der Waals surface area contributed by atoms with Gasteiger partial charge in [0.15, 0.2) is 0 Å². The molecule has 4 aromatic carbocycles. The Kier molecular flexibility index (Phi) is 6.98. The van der Waals surface area contributed by atoms with E-state index in [0.717, 1.165) is 38.8 Å². The van der Waals surface area contributed by atoms with Crippen molar-refractivity contribution in [3.05, 3.63) is 139 Å². The molecule has 7 heteroatoms. The van der Waals surface area contributed by atoms with Crippen LogP contribution in [0.15, 0.2) is 116 Å². The molecule has 1 aliphatic rings. The predicted octanol–water partition coefficient (Wildman–Crippen LogP) is 10.4. The zero-order chi connectivity index (χ0) is 38.3. The van der Waals surface area contributed by atoms with E-state index in [1.807, 2.05) is 73.1 Å². The molecule has 0 amide bonds. The third kappa shape index (κ3) is 6.00. The van der Waals surface area contributed by atoms with Crippen LogP contribution in [0.25, 0.3) is 27.6 Å². The van der Waals surface area contributed by atoms with Crippen LogP contribution in [0.3, 0.4) is 0 Å². The van der Waals surface area contributed by atoms with Gasteiger partial charge in [-0.1, -0.05) is 94.0 Å². The van der Waals surface area contributed by atoms with Gasteiger partial charge in [-0.15, -0.1) is 29.1 Å². The molecule has 8 rings (SSSR count). The molecular weight excluding hydrogens is 798 g/mol. The van der Waals surface area contributed by atoms with Crippen LogP contribution in [0.1, 0.15) is 59.5 Å². The maximum Gasteiger partial charge on any atom is 2.00 e. The Bertz CT molecular complexity index is 2750. The fraction of sp³-hybridized carbons (Fsp3) is 0.186. The Morgan fingerprint density at radius 1 is 0.760 bits per heavy atom. The van der Waals surface area contributed by atoms with Crippen molar-refractivity contribution in [1.29, 1.82) is 0 Å². The van der Waals surface area contributed by atoms with Crippen molar-refractivity contribution < 1.29 is 32.7 Å². The number of ether oxygens (including phenoxy) is 1. The van der Waals surface area contributed by atoms with Crippen molar-refractivity contribution >= 4 is 50.6 Å². The van der Waals surface area contributed by atoms with E-state index in [-0.39, 0.29) is 49.7 Å². The van der Waals surface area contributed by atoms with Gasteiger partial charge in [0, 0.05) is 48.1 Å². The number of benzene rings is 4. The summed E-state index contributed by atoms with van der Waals surface area (Å²) in [7, 11) is 0. The molecule has 0 saturated heterocycles. The van der Waals surface area contributed by atoms with E-state index in [2.05, 4.69) is 75.3 Å². The van der Waals surface area contributed by atoms with E-state index in [0.29, 0.717) is 28.6 Å². The first-order chi connectivity index (χ1) is 25.6. The van der Waals surface area contributed by atoms with Gasteiger partial charge in [-0.3, -0.25) is 4.98 Å². The quantitative estimate of drug-likeness (QED) is 0.128. The van der Waals surface area contributed by atoms with E-state index in [1.165, 1.54) is 4.58 Å². The molecule has 0 bridgehead atoms. The molecule has 3 aromatic heterocycles. The van der Waals surface area contributed by atoms with Gasteiger partial charge < -0.3 is 9.30 Å². The van der Waals surface area contributed by atoms with E-state index >= 15 is 0 Å². The van der Waals surface area contributed by atoms with Crippen LogP contribution in [0, 0.1) is 12.1 Å². The summed E-state index contributed by atoms with van der Waals surface area (Å²) >= 11 is 0. The van der Waals surface area contributed by atoms with Gasteiger partial charge >= 0.3 is 27.1 Å². The van der Waals surface area contributed by atoms with Crippen LogP contribution in [-0.2, 0) is 31.9 Å². The van der Waals surface area contributed by atoms with Crippen LogP contribution >= 0.6 is 0 Å². The minimum atomic E-state index is -0.451. The zero-order valence-electron chi connectivity index (χ0n) is 33.5. The summed E-state index contributed by atoms with van der Waals surface area (Å²) in [6.07, 6.45) is 5.46. The second-order valence-corrected chi connectivity index (χ2v) is 14.2. The Hall–Kier alpha value is -5.15. The molecule has 0 fully saturated rings. The van der Waals surface area contributed by atoms with Crippen molar-refractivity contribution in [3.63, 3.8) is 0 Å². The van der Waals surface area contributed by atoms with Crippen molar-refractivity contribution in [2.75, 3.05) is 0 Å². The number of hydrogen-bond acceptors (Lipinski definition) is 3. The zero-order valence-corrected chi connectivity index (χ0v) is 30.8. The smallest absolute Gasteiger partial charge is 0.509 e. The van der Waals surface area contributed by atoms with E-state index in [9.17, 15) is 0 Å². The summed E-state index contributed by atoms with van der Waals surface area (Å²) in [4.78, 5) is 9.21. The number of rotatable bonds is 5. The summed E-state index contributed by atoms with van der Waals surface area (Å²) in [6, 6.07) is 29.8. The predicted molar refractivity (Wildman–Crippen MR) is 199 cm³/mol. The van der Waals surface area contributed by atoms with Crippen molar-refractivity contribution in [2.24, 2.45) is 0 Å².